The molecule has 4 fully saturated rings. The molecule has 468 valence electrons. The maximum atomic E-state index is 17.4. The number of benzene rings is 3. The van der Waals surface area contributed by atoms with Crippen molar-refractivity contribution in [1.29, 1.82) is 0 Å². The Kier molecular flexibility index (Phi) is 14.4. The van der Waals surface area contributed by atoms with E-state index in [4.69, 9.17) is 35.3 Å². The fourth-order valence-electron chi connectivity index (χ4n) is 15.1. The summed E-state index contributed by atoms with van der Waals surface area (Å²) >= 11 is 0. The zero-order valence-corrected chi connectivity index (χ0v) is 50.0. The third-order valence-corrected chi connectivity index (χ3v) is 19.4. The fourth-order valence-corrected chi connectivity index (χ4v) is 15.1. The number of aromatic hydroxyl groups is 1. The summed E-state index contributed by atoms with van der Waals surface area (Å²) in [6.45, 7) is 6.03. The molecule has 0 radical (unpaired) electrons. The highest BCUT2D eigenvalue weighted by molar-refractivity contribution is 6.18. The van der Waals surface area contributed by atoms with Crippen LogP contribution in [-0.2, 0) is 58.6 Å². The van der Waals surface area contributed by atoms with Crippen LogP contribution in [0.2, 0.25) is 0 Å². The van der Waals surface area contributed by atoms with Crippen LogP contribution in [0.15, 0.2) is 52.4 Å². The van der Waals surface area contributed by atoms with Crippen molar-refractivity contribution < 1.29 is 65.6 Å². The van der Waals surface area contributed by atoms with Crippen molar-refractivity contribution in [3.63, 3.8) is 0 Å². The van der Waals surface area contributed by atoms with E-state index in [1.165, 1.54) is 42.0 Å². The van der Waals surface area contributed by atoms with Gasteiger partial charge in [-0.1, -0.05) is 25.8 Å². The van der Waals surface area contributed by atoms with E-state index in [1.54, 1.807) is 31.7 Å². The van der Waals surface area contributed by atoms with Crippen LogP contribution >= 0.6 is 0 Å². The van der Waals surface area contributed by atoms with Crippen LogP contribution in [0.5, 0.6) is 11.8 Å². The lowest BCUT2D eigenvalue weighted by molar-refractivity contribution is -0.188. The van der Waals surface area contributed by atoms with Crippen molar-refractivity contribution in [3.05, 3.63) is 109 Å². The highest BCUT2D eigenvalue weighted by Crippen LogP contribution is 2.47. The lowest BCUT2D eigenvalue weighted by Crippen LogP contribution is -2.57. The quantitative estimate of drug-likeness (QED) is 0.0515. The first-order valence-electron chi connectivity index (χ1n) is 30.4. The molecule has 2 N–H and O–H groups in total. The van der Waals surface area contributed by atoms with Gasteiger partial charge in [0.2, 0.25) is 17.4 Å². The summed E-state index contributed by atoms with van der Waals surface area (Å²) in [7, 11) is 0. The van der Waals surface area contributed by atoms with Gasteiger partial charge in [0.15, 0.2) is 5.82 Å². The average molecular weight is 1250 g/mol. The van der Waals surface area contributed by atoms with E-state index in [0.29, 0.717) is 83.0 Å². The number of ether oxygens (including phenoxy) is 4. The second kappa shape index (κ2) is 22.1. The predicted molar refractivity (Wildman–Crippen MR) is 321 cm³/mol. The first-order chi connectivity index (χ1) is 43.7. The number of alkyl halides is 1. The minimum Gasteiger partial charge on any atom is -0.508 e. The van der Waals surface area contributed by atoms with Gasteiger partial charge in [-0.15, -0.1) is 6.42 Å². The maximum Gasteiger partial charge on any atom is 0.407 e. The van der Waals surface area contributed by atoms with Gasteiger partial charge in [0.25, 0.3) is 5.56 Å². The van der Waals surface area contributed by atoms with Gasteiger partial charge in [0.1, 0.15) is 66.9 Å². The molecule has 6 atom stereocenters. The smallest absolute Gasteiger partial charge is 0.407 e. The Balaban J connectivity index is 0.669. The molecule has 0 saturated carbocycles. The number of amides is 3. The number of nitrogens with zero attached hydrogens (tertiary/aromatic N) is 9. The van der Waals surface area contributed by atoms with Gasteiger partial charge >= 0.3 is 24.0 Å². The number of fused-ring (bicyclic) bond motifs is 10. The van der Waals surface area contributed by atoms with Gasteiger partial charge in [-0.25, -0.2) is 37.1 Å². The zero-order valence-electron chi connectivity index (χ0n) is 50.0. The molecule has 4 aromatic heterocycles. The van der Waals surface area contributed by atoms with Crippen molar-refractivity contribution in [3.8, 4) is 46.7 Å². The predicted octanol–water partition coefficient (Wildman–Crippen LogP) is 7.68. The minimum atomic E-state index is -2.15. The van der Waals surface area contributed by atoms with Crippen LogP contribution in [0.4, 0.5) is 28.2 Å². The molecular formula is C66H60F4N10O11. The van der Waals surface area contributed by atoms with E-state index < -0.39 is 89.9 Å². The Morgan fingerprint density at radius 2 is 1.77 bits per heavy atom. The number of rotatable bonds is 12. The van der Waals surface area contributed by atoms with Crippen molar-refractivity contribution >= 4 is 74.0 Å². The molecule has 3 aromatic carbocycles. The number of aromatic nitrogens is 5. The Labute approximate surface area is 516 Å². The second-order valence-electron chi connectivity index (χ2n) is 24.7. The number of phenolic OH excluding ortho intramolecular Hbond substituents is 1. The summed E-state index contributed by atoms with van der Waals surface area (Å²) in [5.74, 6) is -3.42. The molecule has 25 heteroatoms. The van der Waals surface area contributed by atoms with E-state index >= 15 is 13.2 Å². The second-order valence-corrected chi connectivity index (χ2v) is 24.7. The molecule has 21 nitrogen and oxygen atoms in total. The average Bonchev–Trinajstić information content (AvgIpc) is 1.63. The molecule has 2 bridgehead atoms. The molecule has 14 rings (SSSR count). The van der Waals surface area contributed by atoms with E-state index in [0.717, 1.165) is 18.1 Å². The summed E-state index contributed by atoms with van der Waals surface area (Å²) in [6, 6.07) is 7.11. The van der Waals surface area contributed by atoms with Crippen LogP contribution in [0.25, 0.3) is 55.2 Å². The molecule has 4 saturated heterocycles. The van der Waals surface area contributed by atoms with Crippen LogP contribution in [0.3, 0.4) is 0 Å². The van der Waals surface area contributed by atoms with Gasteiger partial charge in [0.05, 0.1) is 57.1 Å². The third-order valence-electron chi connectivity index (χ3n) is 19.4. The number of cyclic esters (lactones) is 1. The van der Waals surface area contributed by atoms with Crippen molar-refractivity contribution in [2.24, 2.45) is 10.9 Å². The molecule has 7 aromatic rings. The summed E-state index contributed by atoms with van der Waals surface area (Å²) in [6.07, 6.45) is 8.58. The van der Waals surface area contributed by atoms with Crippen molar-refractivity contribution in [2.45, 2.75) is 122 Å². The molecule has 0 spiro atoms. The number of hydrogen-bond acceptors (Lipinski definition) is 17. The lowest BCUT2D eigenvalue weighted by atomic mass is 9.83. The number of esters is 2. The summed E-state index contributed by atoms with van der Waals surface area (Å²) in [5.41, 5.74) is -0.114. The number of phenols is 1. The van der Waals surface area contributed by atoms with Crippen LogP contribution in [0.1, 0.15) is 105 Å². The molecule has 6 aliphatic heterocycles. The number of piperazine rings is 1. The monoisotopic (exact) mass is 1240 g/mol. The van der Waals surface area contributed by atoms with Crippen LogP contribution < -0.4 is 20.5 Å². The first kappa shape index (κ1) is 59.1. The highest BCUT2D eigenvalue weighted by atomic mass is 19.1. The Morgan fingerprint density at radius 3 is 2.53 bits per heavy atom. The topological polar surface area (TPSA) is 250 Å². The zero-order chi connectivity index (χ0) is 63.7. The van der Waals surface area contributed by atoms with E-state index in [9.17, 15) is 38.3 Å². The van der Waals surface area contributed by atoms with Gasteiger partial charge in [-0.2, -0.15) is 9.97 Å². The van der Waals surface area contributed by atoms with Crippen molar-refractivity contribution in [2.75, 3.05) is 50.8 Å². The van der Waals surface area contributed by atoms with E-state index in [2.05, 4.69) is 31.1 Å². The third kappa shape index (κ3) is 9.57. The number of hydrogen-bond donors (Lipinski definition) is 2. The van der Waals surface area contributed by atoms with Gasteiger partial charge in [-0.3, -0.25) is 29.1 Å². The van der Waals surface area contributed by atoms with Gasteiger partial charge < -0.3 is 43.7 Å². The number of terminal acetylenes is 1. The number of anilines is 1. The molecule has 7 aliphatic rings. The number of nitrogens with one attached hydrogen (secondary N) is 1. The summed E-state index contributed by atoms with van der Waals surface area (Å²) in [5, 5.41) is 14.5. The first-order valence-corrected chi connectivity index (χ1v) is 30.4. The Morgan fingerprint density at radius 1 is 0.978 bits per heavy atom. The minimum absolute atomic E-state index is 0.0148. The number of carbonyl (C=O) groups excluding carboxylic acids is 5. The fraction of sp³-hybridized carbons (Fsp3) is 0.409. The number of pyridine rings is 3. The number of aryl methyl sites for hydroxylation is 1. The van der Waals surface area contributed by atoms with Gasteiger partial charge in [-0.05, 0) is 99.2 Å². The van der Waals surface area contributed by atoms with Crippen LogP contribution in [0, 0.1) is 42.6 Å². The summed E-state index contributed by atoms with van der Waals surface area (Å²) < 4.78 is 87.6. The van der Waals surface area contributed by atoms with Crippen molar-refractivity contribution in [1.82, 2.24) is 39.6 Å². The van der Waals surface area contributed by atoms with E-state index in [-0.39, 0.29) is 131 Å². The maximum absolute atomic E-state index is 17.4. The number of carbonyl (C=O) groups is 5. The van der Waals surface area contributed by atoms with Gasteiger partial charge in [0, 0.05) is 90.4 Å². The molecule has 3 amide bonds. The summed E-state index contributed by atoms with van der Waals surface area (Å²) in [4.78, 5) is 111. The number of aliphatic imine (C=N–C) groups is 1. The molecule has 1 aliphatic carbocycles. The standard InChI is InChI=1S/C66H60F4N10O11/c1-6-39-46(68)13-9-34-17-38(82)18-41(52(34)39)57-55(70)58-42(22-71-57)59(76-63(75-58)90-30-65-15-8-16-78(65)24-35(67)21-65)77-25-36-10-11-37(26-77)80(36)60(84)31(3)28-89-64(87)72-23-51(83)91-66(7-2)45-19-50-56-43(27-79(50)61(85)44(45)29-88-62(66)86)54-48(73-33(5)81)14-12-40-32(4)47(69)20-49(74-56)53(40)54/h1,9,13,17-20,22,31,35-37,82H,7-8,10-12,14-16,21,23-30H2,2-5H3,(H,72,87)/t31?,35-,36?,37?,65+,66+/m1/s1. The Hall–Kier alpha value is -9.57. The number of halogens is 4. The normalized spacial score (nSPS) is 22.8. The van der Waals surface area contributed by atoms with E-state index in [1.807, 2.05) is 4.90 Å². The Bertz CT molecular complexity index is 4520. The number of alkyl carbamates (subject to hydrolysis) is 1. The molecule has 91 heavy (non-hydrogen) atoms. The largest absolute Gasteiger partial charge is 0.508 e. The van der Waals surface area contributed by atoms with Crippen LogP contribution in [-0.4, -0.2) is 145 Å². The molecule has 10 heterocycles. The molecule has 3 unspecified atom stereocenters. The highest BCUT2D eigenvalue weighted by Gasteiger charge is 2.52. The lowest BCUT2D eigenvalue weighted by Gasteiger charge is -2.42. The SMILES string of the molecule is C#Cc1c(F)ccc2cc(O)cc(-c3ncc4c(N5CC6CCC(C5)N6C(=O)C(C)COC(=O)NCC(=O)O[C@]5(CC)C(=O)OCc6c5cc5n(c6=O)Cc6c-5nc5cc(F)c(C)c7c5c6C(=NC(C)=O)CC7)nc(OC[C@@]56CCCN5C[C@H](F)C6)nc4c3F)c12. The molecular weight excluding hydrogens is 1180 g/mol.